The second-order valence-electron chi connectivity index (χ2n) is 5.56. The van der Waals surface area contributed by atoms with Gasteiger partial charge in [-0.2, -0.15) is 13.2 Å². The van der Waals surface area contributed by atoms with Gasteiger partial charge < -0.3 is 0 Å². The molecule has 0 spiro atoms. The van der Waals surface area contributed by atoms with Gasteiger partial charge >= 0.3 is 6.18 Å². The molecule has 0 N–H and O–H groups in total. The summed E-state index contributed by atoms with van der Waals surface area (Å²) in [6.45, 7) is 1.96. The van der Waals surface area contributed by atoms with E-state index in [1.165, 1.54) is 12.1 Å². The normalized spacial score (nSPS) is 18.5. The van der Waals surface area contributed by atoms with E-state index < -0.39 is 11.7 Å². The molecule has 0 unspecified atom stereocenters. The number of hydrogen-bond acceptors (Lipinski definition) is 1. The first-order chi connectivity index (χ1) is 8.81. The topological polar surface area (TPSA) is 17.1 Å². The molecule has 19 heavy (non-hydrogen) atoms. The molecule has 0 aliphatic heterocycles. The van der Waals surface area contributed by atoms with Crippen molar-refractivity contribution in [1.82, 2.24) is 0 Å². The van der Waals surface area contributed by atoms with E-state index in [9.17, 15) is 18.0 Å². The zero-order valence-electron chi connectivity index (χ0n) is 10.9. The van der Waals surface area contributed by atoms with E-state index in [4.69, 9.17) is 0 Å². The lowest BCUT2D eigenvalue weighted by molar-refractivity contribution is -0.137. The molecule has 2 rings (SSSR count). The molecule has 0 aromatic heterocycles. The highest BCUT2D eigenvalue weighted by atomic mass is 19.4. The number of halogens is 3. The summed E-state index contributed by atoms with van der Waals surface area (Å²) in [5, 5.41) is 0. The van der Waals surface area contributed by atoms with Crippen LogP contribution >= 0.6 is 0 Å². The average Bonchev–Trinajstić information content (AvgIpc) is 2.77. The van der Waals surface area contributed by atoms with Crippen LogP contribution in [0.3, 0.4) is 0 Å². The van der Waals surface area contributed by atoms with Crippen molar-refractivity contribution in [1.29, 1.82) is 0 Å². The second-order valence-corrected chi connectivity index (χ2v) is 5.56. The average molecular weight is 270 g/mol. The van der Waals surface area contributed by atoms with Crippen molar-refractivity contribution in [2.75, 3.05) is 0 Å². The summed E-state index contributed by atoms with van der Waals surface area (Å²) in [5.41, 5.74) is -0.287. The number of Topliss-reactive ketones (excluding diaryl/α,β-unsaturated/α-hetero) is 1. The molecule has 0 amide bonds. The molecule has 0 radical (unpaired) electrons. The van der Waals surface area contributed by atoms with Crippen LogP contribution in [0.15, 0.2) is 24.3 Å². The standard InChI is InChI=1S/C15H17F3O/c1-14(8-2-3-9-14)13(19)10-11-4-6-12(7-5-11)15(16,17)18/h4-7H,2-3,8-10H2,1H3. The minimum Gasteiger partial charge on any atom is -0.299 e. The lowest BCUT2D eigenvalue weighted by Gasteiger charge is -2.21. The van der Waals surface area contributed by atoms with Gasteiger partial charge in [-0.25, -0.2) is 0 Å². The maximum atomic E-state index is 12.4. The highest BCUT2D eigenvalue weighted by molar-refractivity contribution is 5.86. The van der Waals surface area contributed by atoms with Crippen LogP contribution in [0, 0.1) is 5.41 Å². The molecule has 1 aromatic rings. The molecular weight excluding hydrogens is 253 g/mol. The second kappa shape index (κ2) is 4.99. The molecule has 1 nitrogen and oxygen atoms in total. The van der Waals surface area contributed by atoms with E-state index in [2.05, 4.69) is 0 Å². The molecule has 1 aliphatic rings. The van der Waals surface area contributed by atoms with Crippen LogP contribution in [0.1, 0.15) is 43.7 Å². The van der Waals surface area contributed by atoms with Crippen LogP contribution < -0.4 is 0 Å². The Bertz CT molecular complexity index is 453. The predicted molar refractivity (Wildman–Crippen MR) is 66.7 cm³/mol. The maximum absolute atomic E-state index is 12.4. The Morgan fingerprint density at radius 1 is 1.16 bits per heavy atom. The molecule has 1 aromatic carbocycles. The third kappa shape index (κ3) is 3.17. The van der Waals surface area contributed by atoms with Crippen molar-refractivity contribution >= 4 is 5.78 Å². The number of benzene rings is 1. The summed E-state index contributed by atoms with van der Waals surface area (Å²) in [5.74, 6) is 0.143. The number of carbonyl (C=O) groups is 1. The summed E-state index contributed by atoms with van der Waals surface area (Å²) in [7, 11) is 0. The van der Waals surface area contributed by atoms with Gasteiger partial charge in [-0.15, -0.1) is 0 Å². The van der Waals surface area contributed by atoms with Gasteiger partial charge in [-0.05, 0) is 30.5 Å². The van der Waals surface area contributed by atoms with Crippen molar-refractivity contribution < 1.29 is 18.0 Å². The Morgan fingerprint density at radius 3 is 2.16 bits per heavy atom. The Kier molecular flexibility index (Phi) is 3.70. The first-order valence-electron chi connectivity index (χ1n) is 6.51. The minimum atomic E-state index is -4.32. The number of rotatable bonds is 3. The van der Waals surface area contributed by atoms with E-state index in [1.54, 1.807) is 0 Å². The Labute approximate surface area is 110 Å². The molecule has 4 heteroatoms. The smallest absolute Gasteiger partial charge is 0.299 e. The lowest BCUT2D eigenvalue weighted by Crippen LogP contribution is -2.25. The third-order valence-electron chi connectivity index (χ3n) is 4.03. The SMILES string of the molecule is CC1(C(=O)Cc2ccc(C(F)(F)F)cc2)CCCC1. The molecule has 104 valence electrons. The van der Waals surface area contributed by atoms with Gasteiger partial charge in [0.1, 0.15) is 5.78 Å². The quantitative estimate of drug-likeness (QED) is 0.795. The van der Waals surface area contributed by atoms with Gasteiger partial charge in [0.15, 0.2) is 0 Å². The maximum Gasteiger partial charge on any atom is 0.416 e. The molecule has 0 saturated heterocycles. The lowest BCUT2D eigenvalue weighted by atomic mass is 9.81. The Morgan fingerprint density at radius 2 is 1.68 bits per heavy atom. The number of alkyl halides is 3. The molecule has 1 aliphatic carbocycles. The molecule has 1 saturated carbocycles. The van der Waals surface area contributed by atoms with Crippen LogP contribution in [0.2, 0.25) is 0 Å². The van der Waals surface area contributed by atoms with E-state index in [-0.39, 0.29) is 17.6 Å². The Balaban J connectivity index is 2.06. The van der Waals surface area contributed by atoms with E-state index in [0.29, 0.717) is 5.56 Å². The first kappa shape index (κ1) is 14.1. The van der Waals surface area contributed by atoms with Crippen molar-refractivity contribution in [2.24, 2.45) is 5.41 Å². The van der Waals surface area contributed by atoms with Crippen molar-refractivity contribution in [3.63, 3.8) is 0 Å². The molecule has 0 atom stereocenters. The fourth-order valence-electron chi connectivity index (χ4n) is 2.64. The van der Waals surface area contributed by atoms with Crippen molar-refractivity contribution in [2.45, 2.75) is 45.2 Å². The number of carbonyl (C=O) groups excluding carboxylic acids is 1. The molecule has 0 heterocycles. The zero-order chi connectivity index (χ0) is 14.1. The molecular formula is C15H17F3O. The highest BCUT2D eigenvalue weighted by Gasteiger charge is 2.35. The fraction of sp³-hybridized carbons (Fsp3) is 0.533. The summed E-state index contributed by atoms with van der Waals surface area (Å²) >= 11 is 0. The van der Waals surface area contributed by atoms with Gasteiger partial charge in [-0.3, -0.25) is 4.79 Å². The monoisotopic (exact) mass is 270 g/mol. The third-order valence-corrected chi connectivity index (χ3v) is 4.03. The number of ketones is 1. The van der Waals surface area contributed by atoms with E-state index >= 15 is 0 Å². The number of hydrogen-bond donors (Lipinski definition) is 0. The minimum absolute atomic E-state index is 0.143. The molecule has 0 bridgehead atoms. The van der Waals surface area contributed by atoms with Crippen molar-refractivity contribution in [3.05, 3.63) is 35.4 Å². The summed E-state index contributed by atoms with van der Waals surface area (Å²) in [4.78, 5) is 12.2. The largest absolute Gasteiger partial charge is 0.416 e. The Hall–Kier alpha value is -1.32. The predicted octanol–water partition coefficient (Wildman–Crippen LogP) is 4.40. The van der Waals surface area contributed by atoms with Gasteiger partial charge in [-0.1, -0.05) is 31.9 Å². The van der Waals surface area contributed by atoms with E-state index in [1.807, 2.05) is 6.92 Å². The van der Waals surface area contributed by atoms with Gasteiger partial charge in [0, 0.05) is 11.8 Å². The summed E-state index contributed by atoms with van der Waals surface area (Å²) in [6, 6.07) is 4.89. The van der Waals surface area contributed by atoms with Gasteiger partial charge in [0.2, 0.25) is 0 Å². The summed E-state index contributed by atoms with van der Waals surface area (Å²) in [6.07, 6.45) is -0.169. The van der Waals surface area contributed by atoms with Crippen LogP contribution in [0.25, 0.3) is 0 Å². The van der Waals surface area contributed by atoms with Crippen LogP contribution in [-0.4, -0.2) is 5.78 Å². The van der Waals surface area contributed by atoms with Gasteiger partial charge in [0.25, 0.3) is 0 Å². The van der Waals surface area contributed by atoms with Crippen LogP contribution in [0.4, 0.5) is 13.2 Å². The fourth-order valence-corrected chi connectivity index (χ4v) is 2.64. The van der Waals surface area contributed by atoms with Gasteiger partial charge in [0.05, 0.1) is 5.56 Å². The summed E-state index contributed by atoms with van der Waals surface area (Å²) < 4.78 is 37.3. The highest BCUT2D eigenvalue weighted by Crippen LogP contribution is 2.39. The van der Waals surface area contributed by atoms with Crippen molar-refractivity contribution in [3.8, 4) is 0 Å². The molecule has 1 fully saturated rings. The zero-order valence-corrected chi connectivity index (χ0v) is 10.9. The van der Waals surface area contributed by atoms with Crippen LogP contribution in [-0.2, 0) is 17.4 Å². The van der Waals surface area contributed by atoms with Crippen LogP contribution in [0.5, 0.6) is 0 Å². The van der Waals surface area contributed by atoms with E-state index in [0.717, 1.165) is 37.8 Å². The first-order valence-corrected chi connectivity index (χ1v) is 6.51.